The Kier molecular flexibility index (Phi) is 4.43. The lowest BCUT2D eigenvalue weighted by atomic mass is 9.85. The summed E-state index contributed by atoms with van der Waals surface area (Å²) in [5.74, 6) is 1.60. The minimum absolute atomic E-state index is 0.0824. The van der Waals surface area contributed by atoms with Crippen LogP contribution in [0.4, 0.5) is 0 Å². The molecule has 2 unspecified atom stereocenters. The zero-order valence-electron chi connectivity index (χ0n) is 10.6. The van der Waals surface area contributed by atoms with Crippen LogP contribution in [0.2, 0.25) is 0 Å². The Balaban J connectivity index is 2.02. The standard InChI is InChI=1S/C15H22O2/c1-2-13-7-3-4-9-15(13)17-14-8-5-6-12(10-14)11-16/h5-6,8,10,13,15-16H,2-4,7,9,11H2,1H3. The second-order valence-electron chi connectivity index (χ2n) is 4.91. The van der Waals surface area contributed by atoms with Gasteiger partial charge in [0, 0.05) is 0 Å². The van der Waals surface area contributed by atoms with Gasteiger partial charge in [-0.3, -0.25) is 0 Å². The molecule has 1 aromatic carbocycles. The molecule has 2 rings (SSSR count). The molecule has 1 fully saturated rings. The van der Waals surface area contributed by atoms with Crippen LogP contribution in [0.25, 0.3) is 0 Å². The molecule has 17 heavy (non-hydrogen) atoms. The van der Waals surface area contributed by atoms with Gasteiger partial charge in [0.1, 0.15) is 11.9 Å². The van der Waals surface area contributed by atoms with Gasteiger partial charge in [0.05, 0.1) is 6.61 Å². The molecule has 2 nitrogen and oxygen atoms in total. The zero-order valence-corrected chi connectivity index (χ0v) is 10.6. The van der Waals surface area contributed by atoms with Gasteiger partial charge in [0.2, 0.25) is 0 Å². The van der Waals surface area contributed by atoms with Crippen molar-refractivity contribution in [1.82, 2.24) is 0 Å². The average Bonchev–Trinajstić information content (AvgIpc) is 2.39. The highest BCUT2D eigenvalue weighted by molar-refractivity contribution is 5.28. The van der Waals surface area contributed by atoms with Crippen molar-refractivity contribution in [2.24, 2.45) is 5.92 Å². The predicted octanol–water partition coefficient (Wildman–Crippen LogP) is 3.53. The highest BCUT2D eigenvalue weighted by Gasteiger charge is 2.25. The monoisotopic (exact) mass is 234 g/mol. The first kappa shape index (κ1) is 12.4. The van der Waals surface area contributed by atoms with Crippen molar-refractivity contribution in [2.45, 2.75) is 51.7 Å². The molecule has 0 bridgehead atoms. The lowest BCUT2D eigenvalue weighted by Gasteiger charge is -2.31. The largest absolute Gasteiger partial charge is 0.490 e. The average molecular weight is 234 g/mol. The summed E-state index contributed by atoms with van der Waals surface area (Å²) in [6.45, 7) is 2.33. The van der Waals surface area contributed by atoms with Gasteiger partial charge in [0.25, 0.3) is 0 Å². The van der Waals surface area contributed by atoms with E-state index < -0.39 is 0 Å². The van der Waals surface area contributed by atoms with Crippen molar-refractivity contribution < 1.29 is 9.84 Å². The van der Waals surface area contributed by atoms with Crippen LogP contribution in [0.3, 0.4) is 0 Å². The van der Waals surface area contributed by atoms with E-state index in [4.69, 9.17) is 9.84 Å². The Morgan fingerprint density at radius 3 is 2.88 bits per heavy atom. The number of benzene rings is 1. The van der Waals surface area contributed by atoms with Crippen LogP contribution in [0, 0.1) is 5.92 Å². The van der Waals surface area contributed by atoms with Crippen LogP contribution >= 0.6 is 0 Å². The zero-order chi connectivity index (χ0) is 12.1. The summed E-state index contributed by atoms with van der Waals surface area (Å²) >= 11 is 0. The van der Waals surface area contributed by atoms with E-state index in [1.54, 1.807) is 0 Å². The maximum atomic E-state index is 9.11. The number of aliphatic hydroxyl groups excluding tert-OH is 1. The van der Waals surface area contributed by atoms with Crippen molar-refractivity contribution in [1.29, 1.82) is 0 Å². The number of rotatable bonds is 4. The van der Waals surface area contributed by atoms with Crippen LogP contribution in [0.15, 0.2) is 24.3 Å². The first-order valence-corrected chi connectivity index (χ1v) is 6.70. The molecule has 2 heteroatoms. The molecule has 1 saturated carbocycles. The molecule has 0 aromatic heterocycles. The molecule has 1 aliphatic rings. The number of hydrogen-bond acceptors (Lipinski definition) is 2. The maximum Gasteiger partial charge on any atom is 0.120 e. The summed E-state index contributed by atoms with van der Waals surface area (Å²) < 4.78 is 6.09. The summed E-state index contributed by atoms with van der Waals surface area (Å²) in [6.07, 6.45) is 6.64. The third kappa shape index (κ3) is 3.22. The fraction of sp³-hybridized carbons (Fsp3) is 0.600. The number of ether oxygens (including phenoxy) is 1. The van der Waals surface area contributed by atoms with Gasteiger partial charge >= 0.3 is 0 Å². The molecule has 94 valence electrons. The van der Waals surface area contributed by atoms with Gasteiger partial charge in [-0.15, -0.1) is 0 Å². The molecule has 0 aliphatic heterocycles. The fourth-order valence-corrected chi connectivity index (χ4v) is 2.69. The van der Waals surface area contributed by atoms with Crippen molar-refractivity contribution in [3.05, 3.63) is 29.8 Å². The third-order valence-electron chi connectivity index (χ3n) is 3.73. The van der Waals surface area contributed by atoms with Crippen molar-refractivity contribution in [3.63, 3.8) is 0 Å². The van der Waals surface area contributed by atoms with E-state index in [9.17, 15) is 0 Å². The fourth-order valence-electron chi connectivity index (χ4n) is 2.69. The van der Waals surface area contributed by atoms with Gasteiger partial charge in [-0.25, -0.2) is 0 Å². The molecule has 0 spiro atoms. The molecular weight excluding hydrogens is 212 g/mol. The van der Waals surface area contributed by atoms with Crippen LogP contribution in [-0.4, -0.2) is 11.2 Å². The van der Waals surface area contributed by atoms with E-state index >= 15 is 0 Å². The van der Waals surface area contributed by atoms with Gasteiger partial charge in [0.15, 0.2) is 0 Å². The SMILES string of the molecule is CCC1CCCCC1Oc1cccc(CO)c1. The van der Waals surface area contributed by atoms with Gasteiger partial charge in [-0.2, -0.15) is 0 Å². The second-order valence-corrected chi connectivity index (χ2v) is 4.91. The van der Waals surface area contributed by atoms with Crippen molar-refractivity contribution in [3.8, 4) is 5.75 Å². The molecule has 0 heterocycles. The quantitative estimate of drug-likeness (QED) is 0.863. The van der Waals surface area contributed by atoms with Crippen LogP contribution in [-0.2, 0) is 6.61 Å². The predicted molar refractivity (Wildman–Crippen MR) is 69.0 cm³/mol. The van der Waals surface area contributed by atoms with Gasteiger partial charge in [-0.05, 0) is 49.3 Å². The Morgan fingerprint density at radius 2 is 2.12 bits per heavy atom. The molecule has 0 saturated heterocycles. The Bertz CT molecular complexity index is 349. The molecule has 2 atom stereocenters. The number of aliphatic hydroxyl groups is 1. The molecule has 1 aromatic rings. The summed E-state index contributed by atoms with van der Waals surface area (Å²) in [5.41, 5.74) is 0.923. The lowest BCUT2D eigenvalue weighted by molar-refractivity contribution is 0.0902. The van der Waals surface area contributed by atoms with E-state index in [0.29, 0.717) is 12.0 Å². The summed E-state index contributed by atoms with van der Waals surface area (Å²) in [6, 6.07) is 7.80. The minimum atomic E-state index is 0.0824. The smallest absolute Gasteiger partial charge is 0.120 e. The Morgan fingerprint density at radius 1 is 1.29 bits per heavy atom. The Labute approximate surface area is 104 Å². The van der Waals surface area contributed by atoms with Crippen LogP contribution in [0.1, 0.15) is 44.6 Å². The van der Waals surface area contributed by atoms with Gasteiger partial charge < -0.3 is 9.84 Å². The molecule has 1 aliphatic carbocycles. The third-order valence-corrected chi connectivity index (χ3v) is 3.73. The molecule has 1 N–H and O–H groups in total. The van der Waals surface area contributed by atoms with E-state index in [1.807, 2.05) is 24.3 Å². The van der Waals surface area contributed by atoms with Crippen LogP contribution < -0.4 is 4.74 Å². The number of hydrogen-bond donors (Lipinski definition) is 1. The normalized spacial score (nSPS) is 24.6. The molecular formula is C15H22O2. The summed E-state index contributed by atoms with van der Waals surface area (Å²) in [5, 5.41) is 9.11. The highest BCUT2D eigenvalue weighted by Crippen LogP contribution is 2.30. The minimum Gasteiger partial charge on any atom is -0.490 e. The lowest BCUT2D eigenvalue weighted by Crippen LogP contribution is -2.29. The van der Waals surface area contributed by atoms with E-state index in [1.165, 1.54) is 32.1 Å². The first-order valence-electron chi connectivity index (χ1n) is 6.70. The summed E-state index contributed by atoms with van der Waals surface area (Å²) in [7, 11) is 0. The van der Waals surface area contributed by atoms with E-state index in [2.05, 4.69) is 6.92 Å². The molecule has 0 amide bonds. The second kappa shape index (κ2) is 6.06. The maximum absolute atomic E-state index is 9.11. The topological polar surface area (TPSA) is 29.5 Å². The van der Waals surface area contributed by atoms with E-state index in [0.717, 1.165) is 11.3 Å². The Hall–Kier alpha value is -1.02. The van der Waals surface area contributed by atoms with Crippen molar-refractivity contribution >= 4 is 0 Å². The van der Waals surface area contributed by atoms with E-state index in [-0.39, 0.29) is 6.61 Å². The first-order chi connectivity index (χ1) is 8.33. The summed E-state index contributed by atoms with van der Waals surface area (Å²) in [4.78, 5) is 0. The van der Waals surface area contributed by atoms with Crippen LogP contribution in [0.5, 0.6) is 5.75 Å². The van der Waals surface area contributed by atoms with Crippen molar-refractivity contribution in [2.75, 3.05) is 0 Å². The highest BCUT2D eigenvalue weighted by atomic mass is 16.5. The van der Waals surface area contributed by atoms with Gasteiger partial charge in [-0.1, -0.05) is 25.5 Å². The molecule has 0 radical (unpaired) electrons.